The van der Waals surface area contributed by atoms with Gasteiger partial charge in [0, 0.05) is 20.0 Å². The van der Waals surface area contributed by atoms with Crippen LogP contribution in [0.25, 0.3) is 0 Å². The number of esters is 1. The third-order valence-electron chi connectivity index (χ3n) is 2.60. The van der Waals surface area contributed by atoms with Crippen molar-refractivity contribution >= 4 is 5.97 Å². The van der Waals surface area contributed by atoms with Crippen LogP contribution in [0.1, 0.15) is 6.92 Å². The Hall–Kier alpha value is -2.57. The van der Waals surface area contributed by atoms with Crippen LogP contribution in [0.3, 0.4) is 0 Å². The second kappa shape index (κ2) is 8.02. The van der Waals surface area contributed by atoms with E-state index in [0.717, 1.165) is 0 Å². The minimum absolute atomic E-state index is 0.347. The van der Waals surface area contributed by atoms with Gasteiger partial charge in [0.1, 0.15) is 0 Å². The molecule has 0 bridgehead atoms. The van der Waals surface area contributed by atoms with Crippen molar-refractivity contribution in [2.75, 3.05) is 13.1 Å². The number of nitrogens with one attached hydrogen (secondary N) is 1. The molecular formula is C16H18N2O4. The molecule has 116 valence electrons. The Kier molecular flexibility index (Phi) is 5.76. The van der Waals surface area contributed by atoms with E-state index >= 15 is 0 Å². The van der Waals surface area contributed by atoms with Gasteiger partial charge in [-0.05, 0) is 24.3 Å². The Morgan fingerprint density at radius 1 is 1.00 bits per heavy atom. The van der Waals surface area contributed by atoms with E-state index in [4.69, 9.17) is 20.0 Å². The van der Waals surface area contributed by atoms with Crippen molar-refractivity contribution in [3.05, 3.63) is 48.5 Å². The topological polar surface area (TPSA) is 82.8 Å². The van der Waals surface area contributed by atoms with E-state index in [1.165, 1.54) is 6.92 Å². The summed E-state index contributed by atoms with van der Waals surface area (Å²) in [7, 11) is 0. The highest BCUT2D eigenvalue weighted by atomic mass is 16.7. The molecule has 0 heterocycles. The minimum atomic E-state index is -0.412. The fourth-order valence-corrected chi connectivity index (χ4v) is 1.70. The number of hydroxylamine groups is 1. The van der Waals surface area contributed by atoms with Crippen LogP contribution in [0.15, 0.2) is 48.5 Å². The Bertz CT molecular complexity index is 631. The molecule has 0 aliphatic heterocycles. The molecule has 0 amide bonds. The van der Waals surface area contributed by atoms with Crippen LogP contribution in [0.5, 0.6) is 23.0 Å². The molecule has 2 aromatic carbocycles. The number of rotatable bonds is 7. The molecule has 3 N–H and O–H groups in total. The maximum absolute atomic E-state index is 11.1. The number of nitrogens with two attached hydrogens (primary N) is 1. The highest BCUT2D eigenvalue weighted by Crippen LogP contribution is 2.35. The molecule has 6 nitrogen and oxygen atoms in total. The molecule has 0 atom stereocenters. The standard InChI is InChI=1S/C16H18N2O4/c1-12(19)20-13-6-2-3-7-14(13)21-15-8-4-5-9-16(15)22-18-11-10-17/h2-9,18H,10-11,17H2,1H3. The third-order valence-corrected chi connectivity index (χ3v) is 2.60. The largest absolute Gasteiger partial charge is 0.449 e. The van der Waals surface area contributed by atoms with Gasteiger partial charge in [0.2, 0.25) is 0 Å². The molecule has 0 saturated carbocycles. The molecule has 2 aromatic rings. The van der Waals surface area contributed by atoms with E-state index in [0.29, 0.717) is 36.1 Å². The zero-order valence-electron chi connectivity index (χ0n) is 12.2. The molecule has 0 fully saturated rings. The zero-order chi connectivity index (χ0) is 15.8. The number of carbonyl (C=O) groups excluding carboxylic acids is 1. The number of ether oxygens (including phenoxy) is 2. The van der Waals surface area contributed by atoms with E-state index < -0.39 is 5.97 Å². The maximum atomic E-state index is 11.1. The van der Waals surface area contributed by atoms with Crippen LogP contribution in [-0.2, 0) is 4.79 Å². The van der Waals surface area contributed by atoms with Gasteiger partial charge >= 0.3 is 5.97 Å². The molecular weight excluding hydrogens is 284 g/mol. The average molecular weight is 302 g/mol. The Morgan fingerprint density at radius 2 is 1.55 bits per heavy atom. The van der Waals surface area contributed by atoms with E-state index in [-0.39, 0.29) is 0 Å². The molecule has 22 heavy (non-hydrogen) atoms. The van der Waals surface area contributed by atoms with Gasteiger partial charge < -0.3 is 20.0 Å². The van der Waals surface area contributed by atoms with Gasteiger partial charge in [0.05, 0.1) is 0 Å². The summed E-state index contributed by atoms with van der Waals surface area (Å²) in [6, 6.07) is 14.1. The summed E-state index contributed by atoms with van der Waals surface area (Å²) < 4.78 is 10.9. The summed E-state index contributed by atoms with van der Waals surface area (Å²) in [4.78, 5) is 16.5. The van der Waals surface area contributed by atoms with Crippen LogP contribution in [0.4, 0.5) is 0 Å². The van der Waals surface area contributed by atoms with Crippen LogP contribution >= 0.6 is 0 Å². The SMILES string of the molecule is CC(=O)Oc1ccccc1Oc1ccccc1ONCCN. The molecule has 0 unspecified atom stereocenters. The Labute approximate surface area is 128 Å². The van der Waals surface area contributed by atoms with Gasteiger partial charge in [0.15, 0.2) is 23.0 Å². The summed E-state index contributed by atoms with van der Waals surface area (Å²) in [5.74, 6) is 1.36. The average Bonchev–Trinajstić information content (AvgIpc) is 2.50. The first kappa shape index (κ1) is 15.8. The lowest BCUT2D eigenvalue weighted by Crippen LogP contribution is -2.25. The van der Waals surface area contributed by atoms with Crippen molar-refractivity contribution in [1.29, 1.82) is 0 Å². The molecule has 2 rings (SSSR count). The number of carbonyl (C=O) groups is 1. The number of para-hydroxylation sites is 4. The first-order chi connectivity index (χ1) is 10.7. The Balaban J connectivity index is 2.18. The summed E-state index contributed by atoms with van der Waals surface area (Å²) in [5.41, 5.74) is 8.13. The molecule has 0 spiro atoms. The summed E-state index contributed by atoms with van der Waals surface area (Å²) >= 11 is 0. The quantitative estimate of drug-likeness (QED) is 0.353. The predicted octanol–water partition coefficient (Wildman–Crippen LogP) is 2.25. The molecule has 0 aliphatic rings. The molecule has 0 radical (unpaired) electrons. The molecule has 0 saturated heterocycles. The monoisotopic (exact) mass is 302 g/mol. The van der Waals surface area contributed by atoms with Gasteiger partial charge in [-0.2, -0.15) is 5.48 Å². The summed E-state index contributed by atoms with van der Waals surface area (Å²) in [6.07, 6.45) is 0. The van der Waals surface area contributed by atoms with Gasteiger partial charge in [-0.15, -0.1) is 0 Å². The van der Waals surface area contributed by atoms with Crippen molar-refractivity contribution in [3.63, 3.8) is 0 Å². The fourth-order valence-electron chi connectivity index (χ4n) is 1.70. The van der Waals surface area contributed by atoms with Crippen molar-refractivity contribution in [2.24, 2.45) is 5.73 Å². The highest BCUT2D eigenvalue weighted by Gasteiger charge is 2.11. The summed E-state index contributed by atoms with van der Waals surface area (Å²) in [5, 5.41) is 0. The van der Waals surface area contributed by atoms with Gasteiger partial charge in [-0.3, -0.25) is 4.79 Å². The number of hydrogen-bond acceptors (Lipinski definition) is 6. The second-order valence-electron chi connectivity index (χ2n) is 4.37. The van der Waals surface area contributed by atoms with Crippen molar-refractivity contribution in [1.82, 2.24) is 5.48 Å². The minimum Gasteiger partial charge on any atom is -0.449 e. The lowest BCUT2D eigenvalue weighted by molar-refractivity contribution is -0.131. The van der Waals surface area contributed by atoms with E-state index in [1.807, 2.05) is 12.1 Å². The third kappa shape index (κ3) is 4.47. The van der Waals surface area contributed by atoms with E-state index in [1.54, 1.807) is 36.4 Å². The molecule has 0 aromatic heterocycles. The zero-order valence-corrected chi connectivity index (χ0v) is 12.2. The molecule has 0 aliphatic carbocycles. The van der Waals surface area contributed by atoms with Crippen LogP contribution in [0, 0.1) is 0 Å². The fraction of sp³-hybridized carbons (Fsp3) is 0.188. The van der Waals surface area contributed by atoms with Crippen LogP contribution in [-0.4, -0.2) is 19.1 Å². The van der Waals surface area contributed by atoms with Crippen molar-refractivity contribution in [3.8, 4) is 23.0 Å². The lowest BCUT2D eigenvalue weighted by Gasteiger charge is -2.14. The van der Waals surface area contributed by atoms with Crippen molar-refractivity contribution < 1.29 is 19.1 Å². The van der Waals surface area contributed by atoms with Crippen molar-refractivity contribution in [2.45, 2.75) is 6.92 Å². The normalized spacial score (nSPS) is 10.1. The smallest absolute Gasteiger partial charge is 0.308 e. The van der Waals surface area contributed by atoms with Gasteiger partial charge in [0.25, 0.3) is 0 Å². The summed E-state index contributed by atoms with van der Waals surface area (Å²) in [6.45, 7) is 2.31. The van der Waals surface area contributed by atoms with Gasteiger partial charge in [-0.25, -0.2) is 0 Å². The lowest BCUT2D eigenvalue weighted by atomic mass is 10.3. The predicted molar refractivity (Wildman–Crippen MR) is 82.0 cm³/mol. The van der Waals surface area contributed by atoms with E-state index in [2.05, 4.69) is 5.48 Å². The van der Waals surface area contributed by atoms with Crippen LogP contribution in [0.2, 0.25) is 0 Å². The van der Waals surface area contributed by atoms with Gasteiger partial charge in [-0.1, -0.05) is 24.3 Å². The van der Waals surface area contributed by atoms with E-state index in [9.17, 15) is 4.79 Å². The number of benzene rings is 2. The maximum Gasteiger partial charge on any atom is 0.308 e. The first-order valence-electron chi connectivity index (χ1n) is 6.85. The second-order valence-corrected chi connectivity index (χ2v) is 4.37. The number of hydrogen-bond donors (Lipinski definition) is 2. The van der Waals surface area contributed by atoms with Crippen LogP contribution < -0.4 is 25.5 Å². The highest BCUT2D eigenvalue weighted by molar-refractivity contribution is 5.70. The first-order valence-corrected chi connectivity index (χ1v) is 6.85. The Morgan fingerprint density at radius 3 is 2.14 bits per heavy atom. The molecule has 6 heteroatoms.